The van der Waals surface area contributed by atoms with Gasteiger partial charge in [-0.05, 0) is 77.0 Å². The highest BCUT2D eigenvalue weighted by Gasteiger charge is 2.34. The van der Waals surface area contributed by atoms with Gasteiger partial charge in [0.1, 0.15) is 18.8 Å². The first-order valence-electron chi connectivity index (χ1n) is 27.4. The largest absolute Gasteiger partial charge is 0.475 e. The van der Waals surface area contributed by atoms with Crippen molar-refractivity contribution in [3.8, 4) is 0 Å². The zero-order valence-electron chi connectivity index (χ0n) is 42.8. The highest BCUT2D eigenvalue weighted by atomic mass is 31.2. The maximum atomic E-state index is 12.9. The molecule has 0 aromatic heterocycles. The van der Waals surface area contributed by atoms with Crippen molar-refractivity contribution in [2.24, 2.45) is 0 Å². The number of phosphoric ester groups is 1. The maximum absolute atomic E-state index is 12.9. The molecule has 1 atom stereocenters. The van der Waals surface area contributed by atoms with E-state index < -0.39 is 25.9 Å². The van der Waals surface area contributed by atoms with Gasteiger partial charge >= 0.3 is 31.7 Å². The molecule has 12 nitrogen and oxygen atoms in total. The minimum absolute atomic E-state index is 0.00102. The number of hydrogen-bond donors (Lipinski definition) is 0. The fourth-order valence-electron chi connectivity index (χ4n) is 8.26. The van der Waals surface area contributed by atoms with Gasteiger partial charge in [0.2, 0.25) is 0 Å². The quantitative estimate of drug-likeness (QED) is 0.0247. The third-order valence-electron chi connectivity index (χ3n) is 12.4. The van der Waals surface area contributed by atoms with Gasteiger partial charge in [-0.2, -0.15) is 0 Å². The van der Waals surface area contributed by atoms with E-state index in [0.29, 0.717) is 32.1 Å². The molecule has 0 saturated carbocycles. The molecule has 1 rings (SSSR count). The van der Waals surface area contributed by atoms with E-state index in [1.807, 2.05) is 0 Å². The number of carbonyl (C=O) groups excluding carboxylic acids is 4. The SMILES string of the molecule is CCCCCCCCC(CCCCCCCC)OC(=O)CCCCCCC(=O)O[C@@H](COC(=O)CCCCC(=O)OC(CCCCCCCC)CCCCCCCC)COP1(=O)OCCO1. The molecule has 1 aliphatic heterocycles. The molecule has 0 radical (unpaired) electrons. The second-order valence-corrected chi connectivity index (χ2v) is 20.4. The van der Waals surface area contributed by atoms with E-state index in [9.17, 15) is 23.7 Å². The average molecular weight is 959 g/mol. The molecule has 0 spiro atoms. The highest BCUT2D eigenvalue weighted by molar-refractivity contribution is 7.48. The molecule has 0 bridgehead atoms. The molecule has 13 heteroatoms. The van der Waals surface area contributed by atoms with Crippen molar-refractivity contribution in [1.29, 1.82) is 0 Å². The average Bonchev–Trinajstić information content (AvgIpc) is 3.75. The molecule has 0 N–H and O–H groups in total. The zero-order valence-corrected chi connectivity index (χ0v) is 43.7. The molecular weight excluding hydrogens is 860 g/mol. The fraction of sp³-hybridized carbons (Fsp3) is 0.925. The first-order chi connectivity index (χ1) is 32.1. The molecule has 1 heterocycles. The Kier molecular flexibility index (Phi) is 41.5. The third-order valence-corrected chi connectivity index (χ3v) is 13.8. The van der Waals surface area contributed by atoms with E-state index in [1.54, 1.807) is 0 Å². The summed E-state index contributed by atoms with van der Waals surface area (Å²) in [6, 6.07) is 0. The standard InChI is InChI=1S/C53H99O12P/c1-5-9-13-17-21-27-35-47(36-28-22-18-14-10-6-2)63-51(55)40-31-25-26-32-41-53(57)65-49(46-62-66(58)60-43-44-61-66)45-59-50(54)39-33-34-42-52(56)64-48(37-29-23-19-15-11-7-3)38-30-24-20-16-12-8-4/h47-49H,5-46H2,1-4H3/t49-/m0/s1. The molecule has 1 fully saturated rings. The molecule has 0 amide bonds. The first-order valence-corrected chi connectivity index (χ1v) is 28.9. The van der Waals surface area contributed by atoms with E-state index in [0.717, 1.165) is 64.2 Å². The number of ether oxygens (including phenoxy) is 4. The van der Waals surface area contributed by atoms with Crippen molar-refractivity contribution in [3.05, 3.63) is 0 Å². The topological polar surface area (TPSA) is 150 Å². The van der Waals surface area contributed by atoms with Crippen molar-refractivity contribution in [2.45, 2.75) is 290 Å². The molecule has 1 aliphatic rings. The van der Waals surface area contributed by atoms with Crippen LogP contribution in [-0.2, 0) is 56.3 Å². The van der Waals surface area contributed by atoms with Crippen LogP contribution in [0.25, 0.3) is 0 Å². The molecule has 1 saturated heterocycles. The van der Waals surface area contributed by atoms with Crippen molar-refractivity contribution in [3.63, 3.8) is 0 Å². The van der Waals surface area contributed by atoms with E-state index in [1.165, 1.54) is 128 Å². The number of unbranched alkanes of at least 4 members (excludes halogenated alkanes) is 24. The van der Waals surface area contributed by atoms with Crippen molar-refractivity contribution in [1.82, 2.24) is 0 Å². The normalized spacial score (nSPS) is 13.9. The van der Waals surface area contributed by atoms with Gasteiger partial charge in [0.15, 0.2) is 6.10 Å². The number of hydrogen-bond acceptors (Lipinski definition) is 12. The summed E-state index contributed by atoms with van der Waals surface area (Å²) in [7, 11) is -3.77. The van der Waals surface area contributed by atoms with Gasteiger partial charge in [0.05, 0.1) is 19.8 Å². The van der Waals surface area contributed by atoms with Gasteiger partial charge in [0, 0.05) is 25.7 Å². The minimum atomic E-state index is -3.77. The van der Waals surface area contributed by atoms with Gasteiger partial charge in [0.25, 0.3) is 0 Å². The summed E-state index contributed by atoms with van der Waals surface area (Å²) in [4.78, 5) is 51.2. The molecule has 388 valence electrons. The monoisotopic (exact) mass is 959 g/mol. The van der Waals surface area contributed by atoms with Crippen LogP contribution >= 0.6 is 7.82 Å². The predicted molar refractivity (Wildman–Crippen MR) is 264 cm³/mol. The molecular formula is C53H99O12P. The summed E-state index contributed by atoms with van der Waals surface area (Å²) in [5, 5.41) is 0. The second-order valence-electron chi connectivity index (χ2n) is 18.8. The first kappa shape index (κ1) is 62.0. The Morgan fingerprint density at radius 1 is 0.379 bits per heavy atom. The Labute approximate surface area is 403 Å². The van der Waals surface area contributed by atoms with Gasteiger partial charge in [-0.15, -0.1) is 0 Å². The van der Waals surface area contributed by atoms with Crippen LogP contribution in [0, 0.1) is 0 Å². The summed E-state index contributed by atoms with van der Waals surface area (Å²) in [5.41, 5.74) is 0. The molecule has 0 aromatic carbocycles. The molecule has 0 aliphatic carbocycles. The number of carbonyl (C=O) groups is 4. The van der Waals surface area contributed by atoms with Crippen LogP contribution < -0.4 is 0 Å². The van der Waals surface area contributed by atoms with Crippen LogP contribution in [0.3, 0.4) is 0 Å². The molecule has 0 unspecified atom stereocenters. The number of esters is 4. The Morgan fingerprint density at radius 2 is 0.667 bits per heavy atom. The lowest BCUT2D eigenvalue weighted by atomic mass is 10.0. The van der Waals surface area contributed by atoms with Crippen LogP contribution in [-0.4, -0.2) is 68.6 Å². The smallest absolute Gasteiger partial charge is 0.462 e. The summed E-state index contributed by atoms with van der Waals surface area (Å²) in [6.45, 7) is 8.53. The lowest BCUT2D eigenvalue weighted by molar-refractivity contribution is -0.161. The van der Waals surface area contributed by atoms with Crippen molar-refractivity contribution < 1.29 is 56.3 Å². The van der Waals surface area contributed by atoms with Crippen LogP contribution in [0.2, 0.25) is 0 Å². The maximum Gasteiger partial charge on any atom is 0.475 e. The van der Waals surface area contributed by atoms with Crippen LogP contribution in [0.15, 0.2) is 0 Å². The Hall–Kier alpha value is -2.01. The second kappa shape index (κ2) is 44.2. The van der Waals surface area contributed by atoms with Crippen LogP contribution in [0.1, 0.15) is 272 Å². The molecule has 0 aromatic rings. The summed E-state index contributed by atoms with van der Waals surface area (Å²) >= 11 is 0. The van der Waals surface area contributed by atoms with E-state index >= 15 is 0 Å². The lowest BCUT2D eigenvalue weighted by Gasteiger charge is -2.19. The number of phosphoric acid groups is 1. The Morgan fingerprint density at radius 3 is 1.03 bits per heavy atom. The van der Waals surface area contributed by atoms with E-state index in [2.05, 4.69) is 27.7 Å². The van der Waals surface area contributed by atoms with Gasteiger partial charge < -0.3 is 18.9 Å². The zero-order chi connectivity index (χ0) is 48.2. The Balaban J connectivity index is 2.47. The van der Waals surface area contributed by atoms with Crippen LogP contribution in [0.4, 0.5) is 0 Å². The minimum Gasteiger partial charge on any atom is -0.462 e. The predicted octanol–water partition coefficient (Wildman–Crippen LogP) is 15.3. The third kappa shape index (κ3) is 37.9. The van der Waals surface area contributed by atoms with Crippen molar-refractivity contribution >= 4 is 31.7 Å². The fourth-order valence-corrected chi connectivity index (χ4v) is 9.43. The summed E-state index contributed by atoms with van der Waals surface area (Å²) in [5.74, 6) is -1.35. The lowest BCUT2D eigenvalue weighted by Crippen LogP contribution is -2.29. The number of rotatable bonds is 48. The van der Waals surface area contributed by atoms with E-state index in [-0.39, 0.29) is 69.8 Å². The van der Waals surface area contributed by atoms with Crippen molar-refractivity contribution in [2.75, 3.05) is 26.4 Å². The van der Waals surface area contributed by atoms with Gasteiger partial charge in [-0.3, -0.25) is 32.7 Å². The summed E-state index contributed by atoms with van der Waals surface area (Å²) < 4.78 is 51.2. The van der Waals surface area contributed by atoms with Crippen LogP contribution in [0.5, 0.6) is 0 Å². The van der Waals surface area contributed by atoms with E-state index in [4.69, 9.17) is 32.5 Å². The highest BCUT2D eigenvalue weighted by Crippen LogP contribution is 2.52. The van der Waals surface area contributed by atoms with Gasteiger partial charge in [-0.1, -0.05) is 169 Å². The Bertz CT molecular complexity index is 1190. The molecule has 66 heavy (non-hydrogen) atoms. The van der Waals surface area contributed by atoms with Gasteiger partial charge in [-0.25, -0.2) is 4.57 Å². The summed E-state index contributed by atoms with van der Waals surface area (Å²) in [6.07, 6.45) is 36.2.